The molecule has 0 aliphatic carbocycles. The van der Waals surface area contributed by atoms with Gasteiger partial charge in [0.1, 0.15) is 0 Å². The molecule has 0 aliphatic rings. The molecule has 0 fully saturated rings. The van der Waals surface area contributed by atoms with Crippen molar-refractivity contribution >= 4 is 17.0 Å². The average molecular weight is 182 g/mol. The molecular weight excluding hydrogens is 172 g/mol. The summed E-state index contributed by atoms with van der Waals surface area (Å²) in [6.07, 6.45) is 6.24. The van der Waals surface area contributed by atoms with Crippen LogP contribution in [0.4, 0.5) is 0 Å². The largest absolute Gasteiger partial charge is 0.361 e. The van der Waals surface area contributed by atoms with Crippen LogP contribution in [0.15, 0.2) is 36.5 Å². The first-order valence-electron chi connectivity index (χ1n) is 4.51. The van der Waals surface area contributed by atoms with Crippen molar-refractivity contribution in [2.75, 3.05) is 0 Å². The van der Waals surface area contributed by atoms with Crippen molar-refractivity contribution in [3.8, 4) is 6.07 Å². The van der Waals surface area contributed by atoms with Crippen molar-refractivity contribution in [2.24, 2.45) is 0 Å². The predicted octanol–water partition coefficient (Wildman–Crippen LogP) is 3.09. The monoisotopic (exact) mass is 182 g/mol. The summed E-state index contributed by atoms with van der Waals surface area (Å²) < 4.78 is 0. The van der Waals surface area contributed by atoms with E-state index in [0.717, 1.165) is 11.1 Å². The van der Waals surface area contributed by atoms with Crippen molar-refractivity contribution < 1.29 is 0 Å². The number of hydrogen-bond donors (Lipinski definition) is 1. The van der Waals surface area contributed by atoms with Crippen LogP contribution in [0.1, 0.15) is 12.0 Å². The molecule has 2 nitrogen and oxygen atoms in total. The van der Waals surface area contributed by atoms with Crippen LogP contribution < -0.4 is 0 Å². The van der Waals surface area contributed by atoms with Crippen LogP contribution in [0.2, 0.25) is 0 Å². The fraction of sp³-hybridized carbons (Fsp3) is 0.0833. The first-order valence-corrected chi connectivity index (χ1v) is 4.51. The zero-order chi connectivity index (χ0) is 9.80. The van der Waals surface area contributed by atoms with E-state index in [1.54, 1.807) is 0 Å². The van der Waals surface area contributed by atoms with Gasteiger partial charge in [0.25, 0.3) is 0 Å². The lowest BCUT2D eigenvalue weighted by Crippen LogP contribution is -1.73. The summed E-state index contributed by atoms with van der Waals surface area (Å²) in [6.45, 7) is 0. The van der Waals surface area contributed by atoms with E-state index in [1.807, 2.05) is 42.6 Å². The average Bonchev–Trinajstić information content (AvgIpc) is 2.67. The molecule has 0 bridgehead atoms. The standard InChI is InChI=1S/C12H10N2/c13-8-2-1-4-10-5-3-6-12-11(10)7-9-14-12/h1,3-7,9,14H,2H2. The number of benzene rings is 1. The summed E-state index contributed by atoms with van der Waals surface area (Å²) in [6, 6.07) is 10.2. The van der Waals surface area contributed by atoms with E-state index in [1.165, 1.54) is 5.39 Å². The molecule has 0 aliphatic heterocycles. The van der Waals surface area contributed by atoms with Gasteiger partial charge < -0.3 is 4.98 Å². The number of aromatic nitrogens is 1. The highest BCUT2D eigenvalue weighted by atomic mass is 14.7. The van der Waals surface area contributed by atoms with Gasteiger partial charge in [0.15, 0.2) is 0 Å². The molecule has 0 spiro atoms. The summed E-state index contributed by atoms with van der Waals surface area (Å²) in [5, 5.41) is 9.61. The molecule has 1 N–H and O–H groups in total. The highest BCUT2D eigenvalue weighted by Gasteiger charge is 1.96. The zero-order valence-corrected chi connectivity index (χ0v) is 7.70. The molecule has 1 aromatic carbocycles. The third-order valence-corrected chi connectivity index (χ3v) is 2.14. The van der Waals surface area contributed by atoms with E-state index in [9.17, 15) is 0 Å². The lowest BCUT2D eigenvalue weighted by molar-refractivity contribution is 1.36. The number of allylic oxidation sites excluding steroid dienone is 1. The quantitative estimate of drug-likeness (QED) is 0.761. The third-order valence-electron chi connectivity index (χ3n) is 2.14. The molecule has 0 amide bonds. The van der Waals surface area contributed by atoms with E-state index >= 15 is 0 Å². The highest BCUT2D eigenvalue weighted by molar-refractivity contribution is 5.88. The van der Waals surface area contributed by atoms with Gasteiger partial charge in [-0.2, -0.15) is 5.26 Å². The topological polar surface area (TPSA) is 39.6 Å². The Morgan fingerprint density at radius 1 is 1.36 bits per heavy atom. The van der Waals surface area contributed by atoms with Crippen LogP contribution in [0.25, 0.3) is 17.0 Å². The first-order chi connectivity index (χ1) is 6.92. The van der Waals surface area contributed by atoms with Gasteiger partial charge in [0.05, 0.1) is 12.5 Å². The van der Waals surface area contributed by atoms with Crippen molar-refractivity contribution in [1.29, 1.82) is 5.26 Å². The molecule has 2 heteroatoms. The smallest absolute Gasteiger partial charge is 0.0663 e. The van der Waals surface area contributed by atoms with Gasteiger partial charge in [-0.25, -0.2) is 0 Å². The second kappa shape index (κ2) is 3.80. The van der Waals surface area contributed by atoms with Crippen molar-refractivity contribution in [1.82, 2.24) is 4.98 Å². The van der Waals surface area contributed by atoms with Crippen LogP contribution in [0, 0.1) is 11.3 Å². The van der Waals surface area contributed by atoms with Gasteiger partial charge in [0.2, 0.25) is 0 Å². The Morgan fingerprint density at radius 2 is 2.29 bits per heavy atom. The molecule has 0 radical (unpaired) electrons. The fourth-order valence-corrected chi connectivity index (χ4v) is 1.49. The van der Waals surface area contributed by atoms with E-state index < -0.39 is 0 Å². The van der Waals surface area contributed by atoms with Crippen molar-refractivity contribution in [2.45, 2.75) is 6.42 Å². The molecule has 68 valence electrons. The van der Waals surface area contributed by atoms with Crippen molar-refractivity contribution in [3.63, 3.8) is 0 Å². The molecule has 14 heavy (non-hydrogen) atoms. The second-order valence-electron chi connectivity index (χ2n) is 3.05. The Morgan fingerprint density at radius 3 is 3.14 bits per heavy atom. The number of fused-ring (bicyclic) bond motifs is 1. The number of H-pyrrole nitrogens is 1. The second-order valence-corrected chi connectivity index (χ2v) is 3.05. The van der Waals surface area contributed by atoms with E-state index in [2.05, 4.69) is 11.1 Å². The zero-order valence-electron chi connectivity index (χ0n) is 7.70. The Balaban J connectivity index is 2.42. The maximum Gasteiger partial charge on any atom is 0.0663 e. The number of aromatic amines is 1. The molecule has 2 aromatic rings. The van der Waals surface area contributed by atoms with Crippen LogP contribution in [0.3, 0.4) is 0 Å². The number of nitrogens with one attached hydrogen (secondary N) is 1. The van der Waals surface area contributed by atoms with Crippen molar-refractivity contribution in [3.05, 3.63) is 42.1 Å². The predicted molar refractivity (Wildman–Crippen MR) is 57.6 cm³/mol. The lowest BCUT2D eigenvalue weighted by atomic mass is 10.1. The molecule has 0 atom stereocenters. The summed E-state index contributed by atoms with van der Waals surface area (Å²) in [4.78, 5) is 3.15. The summed E-state index contributed by atoms with van der Waals surface area (Å²) in [7, 11) is 0. The maximum atomic E-state index is 8.41. The number of hydrogen-bond acceptors (Lipinski definition) is 1. The number of nitrogens with zero attached hydrogens (tertiary/aromatic N) is 1. The maximum absolute atomic E-state index is 8.41. The van der Waals surface area contributed by atoms with Gasteiger partial charge in [-0.15, -0.1) is 0 Å². The summed E-state index contributed by atoms with van der Waals surface area (Å²) in [5.74, 6) is 0. The number of rotatable bonds is 2. The summed E-state index contributed by atoms with van der Waals surface area (Å²) >= 11 is 0. The van der Waals surface area contributed by atoms with Crippen LogP contribution in [0.5, 0.6) is 0 Å². The third kappa shape index (κ3) is 1.53. The molecule has 0 unspecified atom stereocenters. The highest BCUT2D eigenvalue weighted by Crippen LogP contribution is 2.18. The van der Waals surface area contributed by atoms with Gasteiger partial charge in [0, 0.05) is 17.1 Å². The Kier molecular flexibility index (Phi) is 2.33. The minimum atomic E-state index is 0.459. The fourth-order valence-electron chi connectivity index (χ4n) is 1.49. The summed E-state index contributed by atoms with van der Waals surface area (Å²) in [5.41, 5.74) is 2.28. The SMILES string of the molecule is N#CCC=Cc1cccc2[nH]ccc12. The molecule has 1 aromatic heterocycles. The van der Waals surface area contributed by atoms with Crippen LogP contribution in [-0.4, -0.2) is 4.98 Å². The molecular formula is C12H10N2. The first kappa shape index (κ1) is 8.58. The molecule has 1 heterocycles. The van der Waals surface area contributed by atoms with Crippen LogP contribution in [-0.2, 0) is 0 Å². The molecule has 2 rings (SSSR count). The Labute approximate surface area is 82.5 Å². The van der Waals surface area contributed by atoms with E-state index in [4.69, 9.17) is 5.26 Å². The van der Waals surface area contributed by atoms with Gasteiger partial charge in [-0.05, 0) is 17.7 Å². The Hall–Kier alpha value is -2.01. The molecule has 0 saturated heterocycles. The minimum absolute atomic E-state index is 0.459. The van der Waals surface area contributed by atoms with Gasteiger partial charge >= 0.3 is 0 Å². The van der Waals surface area contributed by atoms with E-state index in [0.29, 0.717) is 6.42 Å². The van der Waals surface area contributed by atoms with Gasteiger partial charge in [-0.3, -0.25) is 0 Å². The van der Waals surface area contributed by atoms with E-state index in [-0.39, 0.29) is 0 Å². The number of nitriles is 1. The van der Waals surface area contributed by atoms with Gasteiger partial charge in [-0.1, -0.05) is 24.3 Å². The lowest BCUT2D eigenvalue weighted by Gasteiger charge is -1.95. The molecule has 0 saturated carbocycles. The normalized spacial score (nSPS) is 10.8. The van der Waals surface area contributed by atoms with Crippen LogP contribution >= 0.6 is 0 Å². The minimum Gasteiger partial charge on any atom is -0.361 e. The Bertz CT molecular complexity index is 500.